The Hall–Kier alpha value is -1.57. The van der Waals surface area contributed by atoms with Gasteiger partial charge in [-0.1, -0.05) is 0 Å². The lowest BCUT2D eigenvalue weighted by Crippen LogP contribution is -2.32. The van der Waals surface area contributed by atoms with E-state index in [1.165, 1.54) is 16.7 Å². The molecule has 1 rings (SSSR count). The van der Waals surface area contributed by atoms with Crippen LogP contribution in [-0.2, 0) is 19.2 Å². The van der Waals surface area contributed by atoms with Crippen LogP contribution >= 0.6 is 11.8 Å². The molecule has 8 heteroatoms. The van der Waals surface area contributed by atoms with Crippen molar-refractivity contribution in [3.8, 4) is 0 Å². The molecule has 7 nitrogen and oxygen atoms in total. The van der Waals surface area contributed by atoms with Crippen LogP contribution in [0.15, 0.2) is 0 Å². The SMILES string of the molecule is CNC(=O)CCCSC1CC(=O)N(CCCC(N)=O)C1=O. The monoisotopic (exact) mass is 315 g/mol. The Morgan fingerprint density at radius 1 is 1.33 bits per heavy atom. The Morgan fingerprint density at radius 2 is 2.05 bits per heavy atom. The summed E-state index contributed by atoms with van der Waals surface area (Å²) in [5, 5.41) is 2.17. The summed E-state index contributed by atoms with van der Waals surface area (Å²) in [4.78, 5) is 46.8. The molecule has 0 bridgehead atoms. The zero-order chi connectivity index (χ0) is 15.8. The number of hydrogen-bond donors (Lipinski definition) is 2. The van der Waals surface area contributed by atoms with Crippen molar-refractivity contribution in [2.45, 2.75) is 37.4 Å². The molecule has 4 amide bonds. The summed E-state index contributed by atoms with van der Waals surface area (Å²) < 4.78 is 0. The highest BCUT2D eigenvalue weighted by molar-refractivity contribution is 8.00. The van der Waals surface area contributed by atoms with E-state index < -0.39 is 5.91 Å². The fourth-order valence-corrected chi connectivity index (χ4v) is 3.14. The van der Waals surface area contributed by atoms with E-state index in [0.29, 0.717) is 25.0 Å². The molecule has 118 valence electrons. The van der Waals surface area contributed by atoms with Crippen molar-refractivity contribution in [3.63, 3.8) is 0 Å². The van der Waals surface area contributed by atoms with Crippen LogP contribution < -0.4 is 11.1 Å². The van der Waals surface area contributed by atoms with Crippen molar-refractivity contribution in [1.29, 1.82) is 0 Å². The Balaban J connectivity index is 2.31. The summed E-state index contributed by atoms with van der Waals surface area (Å²) in [6, 6.07) is 0. The van der Waals surface area contributed by atoms with Gasteiger partial charge in [0.2, 0.25) is 23.6 Å². The molecule has 21 heavy (non-hydrogen) atoms. The van der Waals surface area contributed by atoms with E-state index in [1.807, 2.05) is 0 Å². The maximum Gasteiger partial charge on any atom is 0.242 e. The molecule has 1 heterocycles. The molecule has 0 aromatic rings. The molecule has 3 N–H and O–H groups in total. The quantitative estimate of drug-likeness (QED) is 0.446. The molecule has 0 aliphatic carbocycles. The van der Waals surface area contributed by atoms with E-state index in [-0.39, 0.29) is 42.4 Å². The number of imide groups is 1. The minimum atomic E-state index is -0.436. The standard InChI is InChI=1S/C13H21N3O4S/c1-15-11(18)5-3-7-21-9-8-12(19)16(13(9)20)6-2-4-10(14)17/h9H,2-8H2,1H3,(H2,14,17)(H,15,18). The van der Waals surface area contributed by atoms with Crippen molar-refractivity contribution >= 4 is 35.4 Å². The van der Waals surface area contributed by atoms with Crippen molar-refractivity contribution in [2.75, 3.05) is 19.3 Å². The van der Waals surface area contributed by atoms with Crippen LogP contribution in [0.1, 0.15) is 32.1 Å². The van der Waals surface area contributed by atoms with Gasteiger partial charge in [0.25, 0.3) is 0 Å². The summed E-state index contributed by atoms with van der Waals surface area (Å²) >= 11 is 1.41. The van der Waals surface area contributed by atoms with E-state index in [9.17, 15) is 19.2 Å². The van der Waals surface area contributed by atoms with Gasteiger partial charge >= 0.3 is 0 Å². The highest BCUT2D eigenvalue weighted by Gasteiger charge is 2.38. The fraction of sp³-hybridized carbons (Fsp3) is 0.692. The highest BCUT2D eigenvalue weighted by atomic mass is 32.2. The molecule has 0 aromatic carbocycles. The first-order chi connectivity index (χ1) is 9.95. The summed E-state index contributed by atoms with van der Waals surface area (Å²) in [6.45, 7) is 0.246. The van der Waals surface area contributed by atoms with E-state index in [2.05, 4.69) is 5.32 Å². The number of thioether (sulfide) groups is 1. The Kier molecular flexibility index (Phi) is 7.21. The minimum absolute atomic E-state index is 0.0301. The smallest absolute Gasteiger partial charge is 0.242 e. The van der Waals surface area contributed by atoms with Gasteiger partial charge in [-0.3, -0.25) is 24.1 Å². The zero-order valence-electron chi connectivity index (χ0n) is 12.1. The van der Waals surface area contributed by atoms with Crippen molar-refractivity contribution < 1.29 is 19.2 Å². The molecule has 0 aromatic heterocycles. The maximum atomic E-state index is 12.1. The lowest BCUT2D eigenvalue weighted by Gasteiger charge is -2.14. The number of likely N-dealkylation sites (tertiary alicyclic amines) is 1. The predicted octanol–water partition coefficient (Wildman–Crippen LogP) is -0.361. The van der Waals surface area contributed by atoms with Gasteiger partial charge in [0.15, 0.2) is 0 Å². The number of nitrogens with one attached hydrogen (secondary N) is 1. The van der Waals surface area contributed by atoms with Gasteiger partial charge in [-0.25, -0.2) is 0 Å². The molecular weight excluding hydrogens is 294 g/mol. The van der Waals surface area contributed by atoms with Crippen LogP contribution in [0.25, 0.3) is 0 Å². The van der Waals surface area contributed by atoms with Crippen molar-refractivity contribution in [3.05, 3.63) is 0 Å². The molecule has 1 saturated heterocycles. The number of amides is 4. The Labute approximate surface area is 128 Å². The van der Waals surface area contributed by atoms with Crippen molar-refractivity contribution in [2.24, 2.45) is 5.73 Å². The van der Waals surface area contributed by atoms with Gasteiger partial charge in [-0.2, -0.15) is 0 Å². The van der Waals surface area contributed by atoms with Gasteiger partial charge in [0.1, 0.15) is 0 Å². The Morgan fingerprint density at radius 3 is 2.67 bits per heavy atom. The van der Waals surface area contributed by atoms with Crippen molar-refractivity contribution in [1.82, 2.24) is 10.2 Å². The Bertz CT molecular complexity index is 428. The molecule has 1 aliphatic rings. The van der Waals surface area contributed by atoms with Gasteiger partial charge in [0, 0.05) is 32.9 Å². The molecule has 0 saturated carbocycles. The normalized spacial score (nSPS) is 18.1. The zero-order valence-corrected chi connectivity index (χ0v) is 12.9. The van der Waals surface area contributed by atoms with Gasteiger partial charge in [0.05, 0.1) is 5.25 Å². The van der Waals surface area contributed by atoms with Crippen LogP contribution in [0.2, 0.25) is 0 Å². The fourth-order valence-electron chi connectivity index (χ4n) is 2.01. The first-order valence-electron chi connectivity index (χ1n) is 6.90. The number of nitrogens with two attached hydrogens (primary N) is 1. The van der Waals surface area contributed by atoms with Crippen LogP contribution in [0, 0.1) is 0 Å². The molecular formula is C13H21N3O4S. The molecule has 1 atom stereocenters. The lowest BCUT2D eigenvalue weighted by molar-refractivity contribution is -0.138. The third kappa shape index (κ3) is 5.74. The van der Waals surface area contributed by atoms with Crippen LogP contribution in [0.5, 0.6) is 0 Å². The average molecular weight is 315 g/mol. The topological polar surface area (TPSA) is 110 Å². The number of carbonyl (C=O) groups is 4. The number of nitrogens with zero attached hydrogens (tertiary/aromatic N) is 1. The predicted molar refractivity (Wildman–Crippen MR) is 79.3 cm³/mol. The maximum absolute atomic E-state index is 12.1. The summed E-state index contributed by atoms with van der Waals surface area (Å²) in [5.41, 5.74) is 5.03. The second kappa shape index (κ2) is 8.66. The average Bonchev–Trinajstić information content (AvgIpc) is 2.70. The molecule has 1 fully saturated rings. The molecule has 1 unspecified atom stereocenters. The molecule has 1 aliphatic heterocycles. The van der Waals surface area contributed by atoms with Gasteiger partial charge in [-0.15, -0.1) is 11.8 Å². The van der Waals surface area contributed by atoms with E-state index in [0.717, 1.165) is 0 Å². The summed E-state index contributed by atoms with van der Waals surface area (Å²) in [5.74, 6) is -0.207. The molecule has 0 radical (unpaired) electrons. The molecule has 0 spiro atoms. The van der Waals surface area contributed by atoms with Gasteiger partial charge < -0.3 is 11.1 Å². The summed E-state index contributed by atoms with van der Waals surface area (Å²) in [6.07, 6.45) is 1.85. The van der Waals surface area contributed by atoms with Crippen LogP contribution in [0.4, 0.5) is 0 Å². The third-order valence-corrected chi connectivity index (χ3v) is 4.45. The van der Waals surface area contributed by atoms with Crippen LogP contribution in [0.3, 0.4) is 0 Å². The van der Waals surface area contributed by atoms with E-state index in [1.54, 1.807) is 7.05 Å². The third-order valence-electron chi connectivity index (χ3n) is 3.15. The van der Waals surface area contributed by atoms with E-state index >= 15 is 0 Å². The van der Waals surface area contributed by atoms with Crippen LogP contribution in [-0.4, -0.2) is 53.1 Å². The van der Waals surface area contributed by atoms with Gasteiger partial charge in [-0.05, 0) is 18.6 Å². The van der Waals surface area contributed by atoms with E-state index in [4.69, 9.17) is 5.73 Å². The second-order valence-electron chi connectivity index (χ2n) is 4.79. The number of rotatable bonds is 9. The number of carbonyl (C=O) groups excluding carboxylic acids is 4. The highest BCUT2D eigenvalue weighted by Crippen LogP contribution is 2.26. The first-order valence-corrected chi connectivity index (χ1v) is 7.95. The first kappa shape index (κ1) is 17.5. The second-order valence-corrected chi connectivity index (χ2v) is 6.10. The lowest BCUT2D eigenvalue weighted by atomic mass is 10.3. The number of hydrogen-bond acceptors (Lipinski definition) is 5. The summed E-state index contributed by atoms with van der Waals surface area (Å²) in [7, 11) is 1.58. The number of primary amides is 1. The largest absolute Gasteiger partial charge is 0.370 e. The minimum Gasteiger partial charge on any atom is -0.370 e.